The van der Waals surface area contributed by atoms with Crippen molar-refractivity contribution in [3.8, 4) is 21.8 Å². The molecule has 3 radical (unpaired) electrons. The minimum atomic E-state index is -3.61. The molecule has 2 aromatic carbocycles. The zero-order valence-electron chi connectivity index (χ0n) is 21.6. The lowest BCUT2D eigenvalue weighted by Gasteiger charge is -2.42. The molecule has 2 unspecified atom stereocenters. The average molecular weight is 565 g/mol. The van der Waals surface area contributed by atoms with Crippen LogP contribution in [0, 0.1) is 11.8 Å². The molecule has 0 amide bonds. The van der Waals surface area contributed by atoms with Gasteiger partial charge in [-0.15, -0.1) is 11.3 Å². The number of oxazole rings is 1. The SMILES string of the molecule is CC([Si])OC(=O)C(C(C)C)[C@]1(c2ccc(-c3ccc4cc(-c5cnco5)ccc4c3)s2)CCCCS1(=O)=O. The van der Waals surface area contributed by atoms with E-state index in [9.17, 15) is 13.2 Å². The summed E-state index contributed by atoms with van der Waals surface area (Å²) < 4.78 is 37.4. The summed E-state index contributed by atoms with van der Waals surface area (Å²) in [6, 6.07) is 16.2. The topological polar surface area (TPSA) is 86.5 Å². The van der Waals surface area contributed by atoms with Crippen molar-refractivity contribution < 1.29 is 22.4 Å². The molecule has 9 heteroatoms. The van der Waals surface area contributed by atoms with Crippen LogP contribution in [-0.4, -0.2) is 41.1 Å². The average Bonchev–Trinajstić information content (AvgIpc) is 3.57. The lowest BCUT2D eigenvalue weighted by atomic mass is 9.78. The molecule has 5 rings (SSSR count). The molecule has 0 N–H and O–H groups in total. The number of benzene rings is 2. The van der Waals surface area contributed by atoms with Crippen LogP contribution in [0.1, 0.15) is 44.9 Å². The molecule has 2 aromatic heterocycles. The fourth-order valence-corrected chi connectivity index (χ4v) is 9.99. The standard InChI is InChI=1S/C29H30NO5S2Si/c1-18(2)27(28(31)35-19(3)38)29(12-4-5-13-37(29,32)33)26-11-10-25(36-26)23-9-7-20-14-22(8-6-21(20)15-23)24-16-30-17-34-24/h6-11,14-19,27H,4-5,12-13H2,1-3H3/t19?,27?,29-/m1/s1. The maximum Gasteiger partial charge on any atom is 0.311 e. The molecule has 3 heterocycles. The summed E-state index contributed by atoms with van der Waals surface area (Å²) in [4.78, 5) is 19.0. The van der Waals surface area contributed by atoms with Crippen molar-refractivity contribution in [3.63, 3.8) is 0 Å². The Morgan fingerprint density at radius 2 is 1.76 bits per heavy atom. The third-order valence-corrected chi connectivity index (χ3v) is 11.5. The van der Waals surface area contributed by atoms with Crippen molar-refractivity contribution in [1.29, 1.82) is 0 Å². The third-order valence-electron chi connectivity index (χ3n) is 7.35. The number of hydrogen-bond donors (Lipinski definition) is 0. The van der Waals surface area contributed by atoms with E-state index < -0.39 is 32.2 Å². The first kappa shape index (κ1) is 26.8. The Bertz CT molecular complexity index is 1560. The van der Waals surface area contributed by atoms with E-state index in [0.29, 0.717) is 23.5 Å². The fraction of sp³-hybridized carbons (Fsp3) is 0.379. The van der Waals surface area contributed by atoms with Crippen LogP contribution in [-0.2, 0) is 24.1 Å². The summed E-state index contributed by atoms with van der Waals surface area (Å²) in [7, 11) is -0.268. The van der Waals surface area contributed by atoms with E-state index in [1.54, 1.807) is 13.1 Å². The van der Waals surface area contributed by atoms with Crippen molar-refractivity contribution in [2.45, 2.75) is 50.5 Å². The van der Waals surface area contributed by atoms with Gasteiger partial charge in [-0.1, -0.05) is 44.5 Å². The van der Waals surface area contributed by atoms with Crippen LogP contribution in [0.2, 0.25) is 0 Å². The summed E-state index contributed by atoms with van der Waals surface area (Å²) in [5.41, 5.74) is 1.45. The van der Waals surface area contributed by atoms with E-state index in [-0.39, 0.29) is 11.7 Å². The molecule has 6 nitrogen and oxygen atoms in total. The Hall–Kier alpha value is -2.75. The molecule has 3 atom stereocenters. The quantitative estimate of drug-likeness (QED) is 0.192. The normalized spacial score (nSPS) is 20.9. The highest BCUT2D eigenvalue weighted by atomic mass is 32.2. The Labute approximate surface area is 230 Å². The second kappa shape index (κ2) is 10.4. The van der Waals surface area contributed by atoms with Gasteiger partial charge in [-0.3, -0.25) is 4.79 Å². The van der Waals surface area contributed by atoms with Gasteiger partial charge < -0.3 is 9.15 Å². The van der Waals surface area contributed by atoms with E-state index in [1.165, 1.54) is 17.7 Å². The van der Waals surface area contributed by atoms with Gasteiger partial charge in [-0.2, -0.15) is 0 Å². The molecular formula is C29H30NO5S2Si. The van der Waals surface area contributed by atoms with E-state index in [0.717, 1.165) is 33.2 Å². The molecule has 38 heavy (non-hydrogen) atoms. The number of fused-ring (bicyclic) bond motifs is 1. The van der Waals surface area contributed by atoms with E-state index in [2.05, 4.69) is 33.4 Å². The molecule has 0 bridgehead atoms. The molecule has 0 spiro atoms. The number of aromatic nitrogens is 1. The Morgan fingerprint density at radius 1 is 1.05 bits per heavy atom. The summed E-state index contributed by atoms with van der Waals surface area (Å²) in [6.07, 6.45) is 4.87. The monoisotopic (exact) mass is 564 g/mol. The summed E-state index contributed by atoms with van der Waals surface area (Å²) >= 11 is 1.46. The van der Waals surface area contributed by atoms with Crippen LogP contribution in [0.5, 0.6) is 0 Å². The second-order valence-electron chi connectivity index (χ2n) is 10.3. The van der Waals surface area contributed by atoms with Crippen LogP contribution >= 0.6 is 11.3 Å². The first-order valence-electron chi connectivity index (χ1n) is 12.8. The van der Waals surface area contributed by atoms with Crippen LogP contribution in [0.4, 0.5) is 0 Å². The highest BCUT2D eigenvalue weighted by Gasteiger charge is 2.57. The zero-order chi connectivity index (χ0) is 27.1. The third kappa shape index (κ3) is 4.76. The number of esters is 1. The molecule has 1 aliphatic rings. The molecule has 1 aliphatic heterocycles. The van der Waals surface area contributed by atoms with Gasteiger partial charge in [0.25, 0.3) is 0 Å². The van der Waals surface area contributed by atoms with Gasteiger partial charge in [0.05, 0.1) is 33.8 Å². The van der Waals surface area contributed by atoms with Crippen molar-refractivity contribution >= 4 is 48.2 Å². The highest BCUT2D eigenvalue weighted by molar-refractivity contribution is 7.92. The van der Waals surface area contributed by atoms with Crippen molar-refractivity contribution in [2.24, 2.45) is 11.8 Å². The predicted octanol–water partition coefficient (Wildman–Crippen LogP) is 6.35. The lowest BCUT2D eigenvalue weighted by Crippen LogP contribution is -2.51. The van der Waals surface area contributed by atoms with Crippen LogP contribution in [0.25, 0.3) is 32.5 Å². The number of sulfone groups is 1. The van der Waals surface area contributed by atoms with E-state index in [1.807, 2.05) is 44.2 Å². The number of nitrogens with zero attached hydrogens (tertiary/aromatic N) is 1. The summed E-state index contributed by atoms with van der Waals surface area (Å²) in [5, 5.41) is 2.13. The number of ether oxygens (including phenoxy) is 1. The molecule has 4 aromatic rings. The molecule has 197 valence electrons. The van der Waals surface area contributed by atoms with Crippen LogP contribution < -0.4 is 0 Å². The molecular weight excluding hydrogens is 535 g/mol. The van der Waals surface area contributed by atoms with Crippen molar-refractivity contribution in [2.75, 3.05) is 5.75 Å². The minimum absolute atomic E-state index is 0.0731. The molecule has 1 fully saturated rings. The van der Waals surface area contributed by atoms with E-state index >= 15 is 0 Å². The zero-order valence-corrected chi connectivity index (χ0v) is 24.3. The van der Waals surface area contributed by atoms with Gasteiger partial charge in [0.2, 0.25) is 0 Å². The molecule has 0 aliphatic carbocycles. The van der Waals surface area contributed by atoms with Gasteiger partial charge in [0, 0.05) is 15.3 Å². The highest BCUT2D eigenvalue weighted by Crippen LogP contribution is 2.52. The van der Waals surface area contributed by atoms with Gasteiger partial charge in [0.15, 0.2) is 22.0 Å². The predicted molar refractivity (Wildman–Crippen MR) is 152 cm³/mol. The minimum Gasteiger partial charge on any atom is -0.467 e. The lowest BCUT2D eigenvalue weighted by molar-refractivity contribution is -0.153. The maximum atomic E-state index is 13.9. The Kier molecular flexibility index (Phi) is 7.37. The van der Waals surface area contributed by atoms with Gasteiger partial charge >= 0.3 is 5.97 Å². The van der Waals surface area contributed by atoms with Crippen molar-refractivity contribution in [1.82, 2.24) is 4.98 Å². The molecule has 0 saturated carbocycles. The second-order valence-corrected chi connectivity index (χ2v) is 14.5. The van der Waals surface area contributed by atoms with Gasteiger partial charge in [-0.25, -0.2) is 13.4 Å². The van der Waals surface area contributed by atoms with Gasteiger partial charge in [-0.05, 0) is 66.3 Å². The largest absolute Gasteiger partial charge is 0.467 e. The number of carbonyl (C=O) groups excluding carboxylic acids is 1. The van der Waals surface area contributed by atoms with Crippen molar-refractivity contribution in [3.05, 3.63) is 66.0 Å². The van der Waals surface area contributed by atoms with Gasteiger partial charge in [0.1, 0.15) is 4.75 Å². The van der Waals surface area contributed by atoms with Crippen LogP contribution in [0.3, 0.4) is 0 Å². The number of rotatable bonds is 7. The summed E-state index contributed by atoms with van der Waals surface area (Å²) in [5.74, 6) is -0.708. The maximum absolute atomic E-state index is 13.9. The summed E-state index contributed by atoms with van der Waals surface area (Å²) in [6.45, 7) is 5.52. The Balaban J connectivity index is 1.57. The first-order valence-corrected chi connectivity index (χ1v) is 15.8. The molecule has 1 saturated heterocycles. The first-order chi connectivity index (χ1) is 18.1. The van der Waals surface area contributed by atoms with Crippen LogP contribution in [0.15, 0.2) is 65.5 Å². The number of carbonyl (C=O) groups is 1. The number of thiophene rings is 1. The Morgan fingerprint density at radius 3 is 2.39 bits per heavy atom. The number of hydrogen-bond acceptors (Lipinski definition) is 7. The fourth-order valence-electron chi connectivity index (χ4n) is 5.68. The smallest absolute Gasteiger partial charge is 0.311 e. The van der Waals surface area contributed by atoms with E-state index in [4.69, 9.17) is 9.15 Å².